The zero-order valence-corrected chi connectivity index (χ0v) is 17.1. The molecule has 0 aromatic heterocycles. The van der Waals surface area contributed by atoms with Gasteiger partial charge in [0.2, 0.25) is 0 Å². The molecule has 2 unspecified atom stereocenters. The summed E-state index contributed by atoms with van der Waals surface area (Å²) in [5.41, 5.74) is 1.18. The number of rotatable bonds is 8. The number of benzene rings is 2. The second-order valence-corrected chi connectivity index (χ2v) is 7.70. The smallest absolute Gasteiger partial charge is 0.167 e. The first-order valence-electron chi connectivity index (χ1n) is 10.5. The molecule has 2 nitrogen and oxygen atoms in total. The lowest BCUT2D eigenvalue weighted by molar-refractivity contribution is -0.0485. The summed E-state index contributed by atoms with van der Waals surface area (Å²) in [6, 6.07) is 7.74. The van der Waals surface area contributed by atoms with Gasteiger partial charge in [0.15, 0.2) is 11.6 Å². The van der Waals surface area contributed by atoms with Crippen molar-refractivity contribution in [2.75, 3.05) is 19.8 Å². The van der Waals surface area contributed by atoms with E-state index in [0.29, 0.717) is 31.8 Å². The summed E-state index contributed by atoms with van der Waals surface area (Å²) in [5.74, 6) is -2.65. The van der Waals surface area contributed by atoms with Gasteiger partial charge in [-0.15, -0.1) is 0 Å². The van der Waals surface area contributed by atoms with Crippen molar-refractivity contribution in [3.05, 3.63) is 58.9 Å². The highest BCUT2D eigenvalue weighted by Crippen LogP contribution is 2.35. The van der Waals surface area contributed by atoms with Crippen LogP contribution in [0.25, 0.3) is 11.1 Å². The maximum atomic E-state index is 14.8. The molecule has 0 N–H and O–H groups in total. The Morgan fingerprint density at radius 3 is 2.41 bits per heavy atom. The minimum absolute atomic E-state index is 0.000660. The Morgan fingerprint density at radius 2 is 1.76 bits per heavy atom. The number of hydrogen-bond donors (Lipinski definition) is 0. The molecule has 0 amide bonds. The molecule has 158 valence electrons. The molecule has 3 rings (SSSR count). The first kappa shape index (κ1) is 21.8. The number of hydrogen-bond acceptors (Lipinski definition) is 2. The summed E-state index contributed by atoms with van der Waals surface area (Å²) in [5, 5.41) is 0. The lowest BCUT2D eigenvalue weighted by atomic mass is 9.89. The maximum Gasteiger partial charge on any atom is 0.167 e. The second kappa shape index (κ2) is 10.3. The van der Waals surface area contributed by atoms with Gasteiger partial charge in [-0.1, -0.05) is 44.5 Å². The van der Waals surface area contributed by atoms with Gasteiger partial charge >= 0.3 is 0 Å². The monoisotopic (exact) mass is 406 g/mol. The van der Waals surface area contributed by atoms with Gasteiger partial charge in [0.05, 0.1) is 19.3 Å². The van der Waals surface area contributed by atoms with Gasteiger partial charge in [0, 0.05) is 23.7 Å². The Labute approximate surface area is 171 Å². The van der Waals surface area contributed by atoms with E-state index in [1.165, 1.54) is 18.2 Å². The van der Waals surface area contributed by atoms with Crippen LogP contribution in [0.3, 0.4) is 0 Å². The lowest BCUT2D eigenvalue weighted by Gasteiger charge is -2.29. The zero-order chi connectivity index (χ0) is 20.8. The van der Waals surface area contributed by atoms with Crippen molar-refractivity contribution < 1.29 is 22.6 Å². The topological polar surface area (TPSA) is 18.5 Å². The van der Waals surface area contributed by atoms with Crippen molar-refractivity contribution in [2.24, 2.45) is 0 Å². The summed E-state index contributed by atoms with van der Waals surface area (Å²) in [7, 11) is 0. The molecule has 5 heteroatoms. The summed E-state index contributed by atoms with van der Waals surface area (Å²) < 4.78 is 55.4. The molecule has 0 saturated carbocycles. The average molecular weight is 406 g/mol. The molecule has 1 fully saturated rings. The lowest BCUT2D eigenvalue weighted by Crippen LogP contribution is -2.29. The van der Waals surface area contributed by atoms with Gasteiger partial charge in [0.1, 0.15) is 5.82 Å². The number of ether oxygens (including phenoxy) is 2. The van der Waals surface area contributed by atoms with Gasteiger partial charge < -0.3 is 9.47 Å². The Balaban J connectivity index is 1.74. The van der Waals surface area contributed by atoms with Crippen molar-refractivity contribution in [2.45, 2.75) is 58.0 Å². The Morgan fingerprint density at radius 1 is 0.966 bits per heavy atom. The highest BCUT2D eigenvalue weighted by Gasteiger charge is 2.27. The first-order valence-corrected chi connectivity index (χ1v) is 10.5. The Kier molecular flexibility index (Phi) is 7.73. The van der Waals surface area contributed by atoms with E-state index in [1.54, 1.807) is 12.1 Å². The van der Waals surface area contributed by atoms with Crippen LogP contribution in [0.1, 0.15) is 56.6 Å². The van der Waals surface area contributed by atoms with E-state index < -0.39 is 17.5 Å². The third-order valence-corrected chi connectivity index (χ3v) is 5.44. The molecular weight excluding hydrogens is 377 g/mol. The standard InChI is InChI=1S/C24H29F3O2/c1-3-5-16-6-9-20(22(25)13-16)21-11-10-19(23(26)24(21)27)17-7-8-18(29-14-17)15-28-12-4-2/h6,9-11,13,17-18H,3-5,7-8,12,14-15H2,1-2H3. The van der Waals surface area contributed by atoms with Crippen LogP contribution < -0.4 is 0 Å². The minimum atomic E-state index is -1.00. The Bertz CT molecular complexity index is 814. The van der Waals surface area contributed by atoms with Crippen LogP contribution in [0.5, 0.6) is 0 Å². The third-order valence-electron chi connectivity index (χ3n) is 5.44. The fraction of sp³-hybridized carbons (Fsp3) is 0.500. The maximum absolute atomic E-state index is 14.8. The normalized spacial score (nSPS) is 19.5. The quantitative estimate of drug-likeness (QED) is 0.472. The molecule has 1 aliphatic rings. The molecule has 0 bridgehead atoms. The van der Waals surface area contributed by atoms with Gasteiger partial charge in [-0.3, -0.25) is 0 Å². The van der Waals surface area contributed by atoms with Gasteiger partial charge in [-0.25, -0.2) is 13.2 Å². The van der Waals surface area contributed by atoms with E-state index in [2.05, 4.69) is 0 Å². The second-order valence-electron chi connectivity index (χ2n) is 7.70. The first-order chi connectivity index (χ1) is 14.0. The molecule has 0 spiro atoms. The number of halogens is 3. The molecule has 2 aromatic carbocycles. The van der Waals surface area contributed by atoms with Crippen molar-refractivity contribution in [1.82, 2.24) is 0 Å². The minimum Gasteiger partial charge on any atom is -0.379 e. The molecule has 0 radical (unpaired) electrons. The van der Waals surface area contributed by atoms with Crippen LogP contribution in [-0.2, 0) is 15.9 Å². The molecule has 29 heavy (non-hydrogen) atoms. The summed E-state index contributed by atoms with van der Waals surface area (Å²) in [6.45, 7) is 5.61. The van der Waals surface area contributed by atoms with E-state index in [-0.39, 0.29) is 23.1 Å². The molecule has 2 aromatic rings. The van der Waals surface area contributed by atoms with Crippen LogP contribution >= 0.6 is 0 Å². The van der Waals surface area contributed by atoms with Crippen molar-refractivity contribution in [3.63, 3.8) is 0 Å². The van der Waals surface area contributed by atoms with E-state index >= 15 is 0 Å². The summed E-state index contributed by atoms with van der Waals surface area (Å²) in [6.07, 6.45) is 4.04. The van der Waals surface area contributed by atoms with Crippen LogP contribution in [0.15, 0.2) is 30.3 Å². The SMILES string of the molecule is CCCOCC1CCC(c2ccc(-c3ccc(CCC)cc3F)c(F)c2F)CO1. The third kappa shape index (κ3) is 5.20. The van der Waals surface area contributed by atoms with E-state index in [0.717, 1.165) is 31.2 Å². The van der Waals surface area contributed by atoms with Crippen LogP contribution in [0, 0.1) is 17.5 Å². The predicted molar refractivity (Wildman–Crippen MR) is 109 cm³/mol. The molecule has 1 heterocycles. The zero-order valence-electron chi connectivity index (χ0n) is 17.1. The Hall–Kier alpha value is -1.85. The van der Waals surface area contributed by atoms with E-state index in [4.69, 9.17) is 9.47 Å². The fourth-order valence-corrected chi connectivity index (χ4v) is 3.85. The van der Waals surface area contributed by atoms with E-state index in [9.17, 15) is 13.2 Å². The molecule has 0 aliphatic carbocycles. The van der Waals surface area contributed by atoms with Gasteiger partial charge in [0.25, 0.3) is 0 Å². The molecule has 2 atom stereocenters. The summed E-state index contributed by atoms with van der Waals surface area (Å²) in [4.78, 5) is 0. The number of aryl methyl sites for hydroxylation is 1. The fourth-order valence-electron chi connectivity index (χ4n) is 3.85. The summed E-state index contributed by atoms with van der Waals surface area (Å²) >= 11 is 0. The van der Waals surface area contributed by atoms with Crippen LogP contribution in [0.4, 0.5) is 13.2 Å². The molecular formula is C24H29F3O2. The molecule has 1 saturated heterocycles. The predicted octanol–water partition coefficient (Wildman–Crippen LogP) is 6.41. The average Bonchev–Trinajstić information content (AvgIpc) is 2.72. The van der Waals surface area contributed by atoms with Crippen LogP contribution in [-0.4, -0.2) is 25.9 Å². The molecule has 1 aliphatic heterocycles. The van der Waals surface area contributed by atoms with Crippen molar-refractivity contribution >= 4 is 0 Å². The largest absolute Gasteiger partial charge is 0.379 e. The van der Waals surface area contributed by atoms with Gasteiger partial charge in [-0.2, -0.15) is 0 Å². The van der Waals surface area contributed by atoms with Gasteiger partial charge in [-0.05, 0) is 42.9 Å². The van der Waals surface area contributed by atoms with Crippen LogP contribution in [0.2, 0.25) is 0 Å². The van der Waals surface area contributed by atoms with Crippen molar-refractivity contribution in [1.29, 1.82) is 0 Å². The van der Waals surface area contributed by atoms with E-state index in [1.807, 2.05) is 13.8 Å². The highest BCUT2D eigenvalue weighted by molar-refractivity contribution is 5.66. The highest BCUT2D eigenvalue weighted by atomic mass is 19.2. The van der Waals surface area contributed by atoms with Crippen molar-refractivity contribution in [3.8, 4) is 11.1 Å².